The maximum absolute atomic E-state index is 12.3. The normalized spacial score (nSPS) is 11.0. The third-order valence-electron chi connectivity index (χ3n) is 3.85. The number of carbonyl (C=O) groups excluding carboxylic acids is 2. The summed E-state index contributed by atoms with van der Waals surface area (Å²) in [5.74, 6) is -0.992. The van der Waals surface area contributed by atoms with E-state index < -0.39 is 16.0 Å². The van der Waals surface area contributed by atoms with E-state index in [1.807, 2.05) is 26.0 Å². The summed E-state index contributed by atoms with van der Waals surface area (Å²) in [6, 6.07) is 10.8. The summed E-state index contributed by atoms with van der Waals surface area (Å²) < 4.78 is 31.4. The molecular formula is C20H21NO5S. The van der Waals surface area contributed by atoms with Gasteiger partial charge in [-0.15, -0.1) is 6.58 Å². The number of Topliss-reactive ketones (excluding diaryl/α,β-unsaturated/α-hetero) is 1. The summed E-state index contributed by atoms with van der Waals surface area (Å²) in [6.07, 6.45) is 1.43. The molecule has 0 spiro atoms. The van der Waals surface area contributed by atoms with Gasteiger partial charge >= 0.3 is 5.97 Å². The molecule has 2 rings (SSSR count). The molecule has 7 heteroatoms. The largest absolute Gasteiger partial charge is 0.454 e. The summed E-state index contributed by atoms with van der Waals surface area (Å²) in [4.78, 5) is 24.4. The Balaban J connectivity index is 2.03. The number of sulfonamides is 1. The van der Waals surface area contributed by atoms with Gasteiger partial charge in [-0.2, -0.15) is 0 Å². The molecule has 0 aliphatic heterocycles. The number of ether oxygens (including phenoxy) is 1. The minimum absolute atomic E-state index is 0.0207. The quantitative estimate of drug-likeness (QED) is 0.427. The van der Waals surface area contributed by atoms with Crippen LogP contribution in [0.15, 0.2) is 60.0 Å². The first kappa shape index (κ1) is 20.5. The first-order chi connectivity index (χ1) is 12.7. The number of benzene rings is 2. The number of hydrogen-bond acceptors (Lipinski definition) is 5. The lowest BCUT2D eigenvalue weighted by Gasteiger charge is -2.08. The Bertz CT molecular complexity index is 962. The van der Waals surface area contributed by atoms with Gasteiger partial charge in [0.25, 0.3) is 0 Å². The van der Waals surface area contributed by atoms with Crippen molar-refractivity contribution in [1.82, 2.24) is 4.72 Å². The number of aryl methyl sites for hydroxylation is 2. The van der Waals surface area contributed by atoms with Crippen molar-refractivity contribution in [3.8, 4) is 0 Å². The van der Waals surface area contributed by atoms with E-state index in [9.17, 15) is 18.0 Å². The lowest BCUT2D eigenvalue weighted by Crippen LogP contribution is -2.23. The molecule has 0 saturated heterocycles. The molecule has 0 aliphatic rings. The second-order valence-electron chi connectivity index (χ2n) is 5.98. The van der Waals surface area contributed by atoms with E-state index in [-0.39, 0.29) is 29.4 Å². The van der Waals surface area contributed by atoms with Crippen LogP contribution < -0.4 is 4.72 Å². The zero-order valence-electron chi connectivity index (χ0n) is 15.2. The maximum atomic E-state index is 12.3. The summed E-state index contributed by atoms with van der Waals surface area (Å²) in [5.41, 5.74) is 2.42. The van der Waals surface area contributed by atoms with Gasteiger partial charge in [0.15, 0.2) is 6.61 Å². The minimum Gasteiger partial charge on any atom is -0.454 e. The fourth-order valence-corrected chi connectivity index (χ4v) is 3.35. The SMILES string of the molecule is C=CCNS(=O)(=O)c1ccc(C(=O)OCC(=O)c2cc(C)ccc2C)cc1. The molecule has 6 nitrogen and oxygen atoms in total. The van der Waals surface area contributed by atoms with Crippen molar-refractivity contribution in [2.45, 2.75) is 18.7 Å². The number of carbonyl (C=O) groups is 2. The molecule has 0 heterocycles. The van der Waals surface area contributed by atoms with E-state index >= 15 is 0 Å². The van der Waals surface area contributed by atoms with Gasteiger partial charge in [0.1, 0.15) is 0 Å². The summed E-state index contributed by atoms with van der Waals surface area (Å²) in [5, 5.41) is 0. The van der Waals surface area contributed by atoms with Crippen LogP contribution in [0.1, 0.15) is 31.8 Å². The standard InChI is InChI=1S/C20H21NO5S/c1-4-11-21-27(24,25)17-9-7-16(8-10-17)20(23)26-13-19(22)18-12-14(2)5-6-15(18)3/h4-10,12,21H,1,11,13H2,2-3H3. The third kappa shape index (κ3) is 5.35. The van der Waals surface area contributed by atoms with Crippen molar-refractivity contribution in [3.05, 3.63) is 77.4 Å². The molecule has 1 N–H and O–H groups in total. The molecule has 0 saturated carbocycles. The van der Waals surface area contributed by atoms with Crippen LogP contribution in [-0.4, -0.2) is 33.3 Å². The Morgan fingerprint density at radius 3 is 2.41 bits per heavy atom. The number of esters is 1. The van der Waals surface area contributed by atoms with Gasteiger partial charge in [0.2, 0.25) is 15.8 Å². The van der Waals surface area contributed by atoms with Crippen LogP contribution in [0.2, 0.25) is 0 Å². The molecule has 0 fully saturated rings. The van der Waals surface area contributed by atoms with E-state index in [0.29, 0.717) is 5.56 Å². The van der Waals surface area contributed by atoms with Gasteiger partial charge in [0, 0.05) is 12.1 Å². The summed E-state index contributed by atoms with van der Waals surface area (Å²) in [6.45, 7) is 6.85. The van der Waals surface area contributed by atoms with Gasteiger partial charge in [0.05, 0.1) is 10.5 Å². The van der Waals surface area contributed by atoms with Crippen LogP contribution in [-0.2, 0) is 14.8 Å². The van der Waals surface area contributed by atoms with Crippen molar-refractivity contribution in [3.63, 3.8) is 0 Å². The van der Waals surface area contributed by atoms with Gasteiger partial charge in [-0.3, -0.25) is 4.79 Å². The van der Waals surface area contributed by atoms with E-state index in [1.54, 1.807) is 6.07 Å². The van der Waals surface area contributed by atoms with E-state index in [4.69, 9.17) is 4.74 Å². The van der Waals surface area contributed by atoms with Crippen molar-refractivity contribution in [2.24, 2.45) is 0 Å². The smallest absolute Gasteiger partial charge is 0.338 e. The Morgan fingerprint density at radius 2 is 1.78 bits per heavy atom. The summed E-state index contributed by atoms with van der Waals surface area (Å²) in [7, 11) is -3.66. The van der Waals surface area contributed by atoms with Crippen molar-refractivity contribution < 1.29 is 22.7 Å². The van der Waals surface area contributed by atoms with Gasteiger partial charge < -0.3 is 4.74 Å². The van der Waals surface area contributed by atoms with Crippen LogP contribution in [0.5, 0.6) is 0 Å². The fraction of sp³-hybridized carbons (Fsp3) is 0.200. The zero-order valence-corrected chi connectivity index (χ0v) is 16.0. The van der Waals surface area contributed by atoms with Gasteiger partial charge in [-0.25, -0.2) is 17.9 Å². The molecule has 27 heavy (non-hydrogen) atoms. The van der Waals surface area contributed by atoms with Crippen LogP contribution in [0.25, 0.3) is 0 Å². The molecule has 0 aliphatic carbocycles. The average molecular weight is 387 g/mol. The topological polar surface area (TPSA) is 89.5 Å². The van der Waals surface area contributed by atoms with Gasteiger partial charge in [-0.05, 0) is 49.7 Å². The predicted octanol–water partition coefficient (Wildman–Crippen LogP) is 2.81. The van der Waals surface area contributed by atoms with Crippen LogP contribution >= 0.6 is 0 Å². The second-order valence-corrected chi connectivity index (χ2v) is 7.75. The van der Waals surface area contributed by atoms with Crippen molar-refractivity contribution in [2.75, 3.05) is 13.2 Å². The Hall–Kier alpha value is -2.77. The lowest BCUT2D eigenvalue weighted by molar-refractivity contribution is 0.0474. The average Bonchev–Trinajstić information content (AvgIpc) is 2.66. The molecule has 0 aromatic heterocycles. The van der Waals surface area contributed by atoms with Crippen molar-refractivity contribution in [1.29, 1.82) is 0 Å². The second kappa shape index (κ2) is 8.75. The number of hydrogen-bond donors (Lipinski definition) is 1. The highest BCUT2D eigenvalue weighted by Gasteiger charge is 2.16. The predicted molar refractivity (Wildman–Crippen MR) is 102 cm³/mol. The van der Waals surface area contributed by atoms with Crippen LogP contribution in [0, 0.1) is 13.8 Å². The Morgan fingerprint density at radius 1 is 1.11 bits per heavy atom. The zero-order chi connectivity index (χ0) is 20.0. The summed E-state index contributed by atoms with van der Waals surface area (Å²) >= 11 is 0. The molecule has 0 bridgehead atoms. The highest BCUT2D eigenvalue weighted by Crippen LogP contribution is 2.14. The molecule has 0 atom stereocenters. The molecule has 142 valence electrons. The molecule has 0 radical (unpaired) electrons. The van der Waals surface area contributed by atoms with Crippen LogP contribution in [0.3, 0.4) is 0 Å². The first-order valence-corrected chi connectivity index (χ1v) is 9.71. The Kier molecular flexibility index (Phi) is 6.65. The van der Waals surface area contributed by atoms with E-state index in [2.05, 4.69) is 11.3 Å². The first-order valence-electron chi connectivity index (χ1n) is 8.23. The number of ketones is 1. The highest BCUT2D eigenvalue weighted by molar-refractivity contribution is 7.89. The maximum Gasteiger partial charge on any atom is 0.338 e. The van der Waals surface area contributed by atoms with E-state index in [1.165, 1.54) is 30.3 Å². The minimum atomic E-state index is -3.66. The van der Waals surface area contributed by atoms with Gasteiger partial charge in [-0.1, -0.05) is 23.8 Å². The van der Waals surface area contributed by atoms with Crippen molar-refractivity contribution >= 4 is 21.8 Å². The van der Waals surface area contributed by atoms with E-state index in [0.717, 1.165) is 11.1 Å². The molecular weight excluding hydrogens is 366 g/mol. The number of rotatable bonds is 8. The number of nitrogens with one attached hydrogen (secondary N) is 1. The molecule has 0 amide bonds. The third-order valence-corrected chi connectivity index (χ3v) is 5.29. The molecule has 2 aromatic rings. The molecule has 0 unspecified atom stereocenters. The molecule has 2 aromatic carbocycles. The monoisotopic (exact) mass is 387 g/mol. The van der Waals surface area contributed by atoms with Crippen LogP contribution in [0.4, 0.5) is 0 Å². The lowest BCUT2D eigenvalue weighted by atomic mass is 10.0. The highest BCUT2D eigenvalue weighted by atomic mass is 32.2. The fourth-order valence-electron chi connectivity index (χ4n) is 2.35. The Labute approximate surface area is 158 Å².